The maximum absolute atomic E-state index is 6.24. The molecule has 0 amide bonds. The fraction of sp³-hybridized carbons (Fsp3) is 0.385. The topological polar surface area (TPSA) is 56.7 Å². The van der Waals surface area contributed by atoms with Gasteiger partial charge in [0.2, 0.25) is 0 Å². The van der Waals surface area contributed by atoms with Gasteiger partial charge in [-0.15, -0.1) is 5.10 Å². The lowest BCUT2D eigenvalue weighted by atomic mass is 10.1. The fourth-order valence-electron chi connectivity index (χ4n) is 1.90. The second kappa shape index (κ2) is 5.98. The Bertz CT molecular complexity index is 521. The zero-order valence-electron chi connectivity index (χ0n) is 10.4. The first-order valence-electron chi connectivity index (χ1n) is 6.15. The number of nitrogens with zero attached hydrogens (tertiary/aromatic N) is 3. The highest BCUT2D eigenvalue weighted by Gasteiger charge is 2.15. The third-order valence-electron chi connectivity index (χ3n) is 2.85. The Hall–Kier alpha value is -1.39. The van der Waals surface area contributed by atoms with Crippen molar-refractivity contribution < 1.29 is 0 Å². The van der Waals surface area contributed by atoms with E-state index in [1.54, 1.807) is 0 Å². The normalized spacial score (nSPS) is 10.8. The van der Waals surface area contributed by atoms with Gasteiger partial charge >= 0.3 is 0 Å². The summed E-state index contributed by atoms with van der Waals surface area (Å²) in [4.78, 5) is 0. The first kappa shape index (κ1) is 13.1. The van der Waals surface area contributed by atoms with E-state index in [4.69, 9.17) is 17.3 Å². The van der Waals surface area contributed by atoms with E-state index in [0.29, 0.717) is 11.6 Å². The molecule has 5 heteroatoms. The second-order valence-corrected chi connectivity index (χ2v) is 4.55. The van der Waals surface area contributed by atoms with Gasteiger partial charge in [0.25, 0.3) is 0 Å². The van der Waals surface area contributed by atoms with Crippen LogP contribution in [0.1, 0.15) is 25.5 Å². The molecule has 0 aliphatic carbocycles. The quantitative estimate of drug-likeness (QED) is 0.903. The lowest BCUT2D eigenvalue weighted by molar-refractivity contribution is 0.557. The highest BCUT2D eigenvalue weighted by atomic mass is 35.5. The molecule has 0 bridgehead atoms. The molecule has 0 spiro atoms. The van der Waals surface area contributed by atoms with E-state index < -0.39 is 0 Å². The monoisotopic (exact) mass is 264 g/mol. The molecule has 2 N–H and O–H groups in total. The van der Waals surface area contributed by atoms with E-state index >= 15 is 0 Å². The largest absolute Gasteiger partial charge is 0.325 e. The SMILES string of the molecule is CCCCn1nnc(CN)c1-c1ccccc1Cl. The number of halogens is 1. The van der Waals surface area contributed by atoms with Crippen molar-refractivity contribution in [1.82, 2.24) is 15.0 Å². The van der Waals surface area contributed by atoms with E-state index in [-0.39, 0.29) is 0 Å². The van der Waals surface area contributed by atoms with Gasteiger partial charge in [-0.05, 0) is 12.5 Å². The van der Waals surface area contributed by atoms with Gasteiger partial charge in [0.05, 0.1) is 10.7 Å². The van der Waals surface area contributed by atoms with E-state index in [0.717, 1.165) is 36.3 Å². The molecule has 0 fully saturated rings. The summed E-state index contributed by atoms with van der Waals surface area (Å²) in [6.45, 7) is 3.35. The molecule has 2 rings (SSSR count). The van der Waals surface area contributed by atoms with Crippen molar-refractivity contribution in [3.8, 4) is 11.3 Å². The number of benzene rings is 1. The summed E-state index contributed by atoms with van der Waals surface area (Å²) in [6, 6.07) is 7.71. The molecule has 0 aliphatic heterocycles. The van der Waals surface area contributed by atoms with Crippen LogP contribution in [0, 0.1) is 0 Å². The highest BCUT2D eigenvalue weighted by molar-refractivity contribution is 6.33. The van der Waals surface area contributed by atoms with Crippen molar-refractivity contribution in [2.75, 3.05) is 0 Å². The number of rotatable bonds is 5. The number of aryl methyl sites for hydroxylation is 1. The van der Waals surface area contributed by atoms with Crippen molar-refractivity contribution in [2.45, 2.75) is 32.9 Å². The zero-order chi connectivity index (χ0) is 13.0. The number of hydrogen-bond acceptors (Lipinski definition) is 3. The molecule has 1 heterocycles. The fourth-order valence-corrected chi connectivity index (χ4v) is 2.12. The molecular weight excluding hydrogens is 248 g/mol. The van der Waals surface area contributed by atoms with Crippen LogP contribution in [0.5, 0.6) is 0 Å². The molecule has 18 heavy (non-hydrogen) atoms. The van der Waals surface area contributed by atoms with Crippen molar-refractivity contribution in [3.63, 3.8) is 0 Å². The van der Waals surface area contributed by atoms with Crippen LogP contribution in [0.25, 0.3) is 11.3 Å². The lowest BCUT2D eigenvalue weighted by Gasteiger charge is -2.08. The molecule has 0 aliphatic rings. The summed E-state index contributed by atoms with van der Waals surface area (Å²) in [5.41, 5.74) is 8.40. The van der Waals surface area contributed by atoms with E-state index in [1.807, 2.05) is 28.9 Å². The Morgan fingerprint density at radius 3 is 2.78 bits per heavy atom. The van der Waals surface area contributed by atoms with Gasteiger partial charge in [0.15, 0.2) is 0 Å². The van der Waals surface area contributed by atoms with Crippen LogP contribution < -0.4 is 5.73 Å². The second-order valence-electron chi connectivity index (χ2n) is 4.15. The lowest BCUT2D eigenvalue weighted by Crippen LogP contribution is -2.05. The Morgan fingerprint density at radius 2 is 2.11 bits per heavy atom. The average Bonchev–Trinajstić information content (AvgIpc) is 2.79. The molecule has 0 atom stereocenters. The highest BCUT2D eigenvalue weighted by Crippen LogP contribution is 2.29. The number of unbranched alkanes of at least 4 members (excludes halogenated alkanes) is 1. The summed E-state index contributed by atoms with van der Waals surface area (Å²) in [5, 5.41) is 9.01. The molecule has 0 saturated carbocycles. The van der Waals surface area contributed by atoms with Gasteiger partial charge in [-0.1, -0.05) is 48.4 Å². The maximum atomic E-state index is 6.24. The van der Waals surface area contributed by atoms with Crippen molar-refractivity contribution in [3.05, 3.63) is 35.0 Å². The Kier molecular flexibility index (Phi) is 4.33. The summed E-state index contributed by atoms with van der Waals surface area (Å²) < 4.78 is 1.90. The maximum Gasteiger partial charge on any atom is 0.104 e. The smallest absolute Gasteiger partial charge is 0.104 e. The summed E-state index contributed by atoms with van der Waals surface area (Å²) in [7, 11) is 0. The third-order valence-corrected chi connectivity index (χ3v) is 3.18. The molecule has 0 unspecified atom stereocenters. The van der Waals surface area contributed by atoms with Gasteiger partial charge in [-0.25, -0.2) is 4.68 Å². The minimum atomic E-state index is 0.368. The van der Waals surface area contributed by atoms with Crippen molar-refractivity contribution in [1.29, 1.82) is 0 Å². The average molecular weight is 265 g/mol. The van der Waals surface area contributed by atoms with Crippen LogP contribution in [0.2, 0.25) is 5.02 Å². The number of hydrogen-bond donors (Lipinski definition) is 1. The zero-order valence-corrected chi connectivity index (χ0v) is 11.2. The third kappa shape index (κ3) is 2.54. The van der Waals surface area contributed by atoms with Crippen LogP contribution in [0.15, 0.2) is 24.3 Å². The Morgan fingerprint density at radius 1 is 1.33 bits per heavy atom. The summed E-state index contributed by atoms with van der Waals surface area (Å²) in [5.74, 6) is 0. The van der Waals surface area contributed by atoms with Crippen LogP contribution >= 0.6 is 11.6 Å². The molecule has 96 valence electrons. The van der Waals surface area contributed by atoms with Gasteiger partial charge in [-0.2, -0.15) is 0 Å². The van der Waals surface area contributed by atoms with Gasteiger partial charge in [0.1, 0.15) is 5.69 Å². The Labute approximate surface area is 112 Å². The number of nitrogens with two attached hydrogens (primary N) is 1. The molecule has 1 aromatic heterocycles. The predicted molar refractivity (Wildman–Crippen MR) is 73.3 cm³/mol. The molecule has 4 nitrogen and oxygen atoms in total. The van der Waals surface area contributed by atoms with Gasteiger partial charge < -0.3 is 5.73 Å². The standard InChI is InChI=1S/C13H17ClN4/c1-2-3-8-18-13(12(9-15)16-17-18)10-6-4-5-7-11(10)14/h4-7H,2-3,8-9,15H2,1H3. The Balaban J connectivity index is 2.47. The first-order chi connectivity index (χ1) is 8.77. The molecule has 0 radical (unpaired) electrons. The first-order valence-corrected chi connectivity index (χ1v) is 6.53. The van der Waals surface area contributed by atoms with Crippen LogP contribution in [0.3, 0.4) is 0 Å². The van der Waals surface area contributed by atoms with Crippen molar-refractivity contribution >= 4 is 11.6 Å². The molecule has 1 aromatic carbocycles. The van der Waals surface area contributed by atoms with Gasteiger partial charge in [0, 0.05) is 18.7 Å². The molecular formula is C13H17ClN4. The van der Waals surface area contributed by atoms with E-state index in [9.17, 15) is 0 Å². The summed E-state index contributed by atoms with van der Waals surface area (Å²) >= 11 is 6.24. The van der Waals surface area contributed by atoms with Crippen molar-refractivity contribution in [2.24, 2.45) is 5.73 Å². The van der Waals surface area contributed by atoms with Gasteiger partial charge in [-0.3, -0.25) is 0 Å². The van der Waals surface area contributed by atoms with Crippen LogP contribution in [-0.2, 0) is 13.1 Å². The van der Waals surface area contributed by atoms with E-state index in [1.165, 1.54) is 0 Å². The van der Waals surface area contributed by atoms with Crippen LogP contribution in [0.4, 0.5) is 0 Å². The van der Waals surface area contributed by atoms with Crippen LogP contribution in [-0.4, -0.2) is 15.0 Å². The minimum absolute atomic E-state index is 0.368. The van der Waals surface area contributed by atoms with E-state index in [2.05, 4.69) is 17.2 Å². The minimum Gasteiger partial charge on any atom is -0.325 e. The molecule has 2 aromatic rings. The number of aromatic nitrogens is 3. The molecule has 0 saturated heterocycles. The predicted octanol–water partition coefficient (Wildman–Crippen LogP) is 2.86. The summed E-state index contributed by atoms with van der Waals surface area (Å²) in [6.07, 6.45) is 2.17.